The lowest BCUT2D eigenvalue weighted by Crippen LogP contribution is -1.95. The Morgan fingerprint density at radius 1 is 1.26 bits per heavy atom. The van der Waals surface area contributed by atoms with Gasteiger partial charge in [0.25, 0.3) is 0 Å². The number of nitriles is 1. The van der Waals surface area contributed by atoms with E-state index in [1.807, 2.05) is 13.8 Å². The van der Waals surface area contributed by atoms with Gasteiger partial charge in [0, 0.05) is 12.3 Å². The predicted octanol–water partition coefficient (Wildman–Crippen LogP) is 2.85. The van der Waals surface area contributed by atoms with Gasteiger partial charge in [0.1, 0.15) is 5.75 Å². The number of ether oxygens (including phenoxy) is 1. The van der Waals surface area contributed by atoms with Crippen LogP contribution in [0.1, 0.15) is 22.3 Å². The molecule has 0 aliphatic rings. The van der Waals surface area contributed by atoms with Crippen molar-refractivity contribution in [3.05, 3.63) is 52.7 Å². The average Bonchev–Trinajstić information content (AvgIpc) is 2.43. The first-order valence-corrected chi connectivity index (χ1v) is 5.89. The van der Waals surface area contributed by atoms with Crippen LogP contribution in [0.3, 0.4) is 0 Å². The Hall–Kier alpha value is -2.38. The maximum atomic E-state index is 8.95. The lowest BCUT2D eigenvalue weighted by atomic mass is 10.1. The molecule has 4 nitrogen and oxygen atoms in total. The molecule has 0 aliphatic carbocycles. The highest BCUT2D eigenvalue weighted by Crippen LogP contribution is 2.28. The van der Waals surface area contributed by atoms with Gasteiger partial charge in [0.05, 0.1) is 18.2 Å². The van der Waals surface area contributed by atoms with E-state index in [1.165, 1.54) is 0 Å². The van der Waals surface area contributed by atoms with E-state index in [2.05, 4.69) is 11.1 Å². The second kappa shape index (κ2) is 5.51. The molecule has 0 atom stereocenters. The minimum atomic E-state index is -0.0395. The minimum Gasteiger partial charge on any atom is -0.438 e. The van der Waals surface area contributed by atoms with Crippen LogP contribution in [0.25, 0.3) is 0 Å². The summed E-state index contributed by atoms with van der Waals surface area (Å²) < 4.78 is 5.74. The number of aliphatic hydroxyl groups excluding tert-OH is 1. The first-order valence-electron chi connectivity index (χ1n) is 5.89. The third-order valence-electron chi connectivity index (χ3n) is 2.78. The molecule has 96 valence electrons. The largest absolute Gasteiger partial charge is 0.438 e. The summed E-state index contributed by atoms with van der Waals surface area (Å²) >= 11 is 0. The van der Waals surface area contributed by atoms with Gasteiger partial charge in [-0.25, -0.2) is 4.98 Å². The minimum absolute atomic E-state index is 0.0395. The number of rotatable bonds is 3. The Bertz CT molecular complexity index is 605. The van der Waals surface area contributed by atoms with Gasteiger partial charge in [-0.2, -0.15) is 5.26 Å². The van der Waals surface area contributed by atoms with E-state index in [0.29, 0.717) is 17.2 Å². The summed E-state index contributed by atoms with van der Waals surface area (Å²) in [4.78, 5) is 4.12. The topological polar surface area (TPSA) is 66.1 Å². The van der Waals surface area contributed by atoms with Gasteiger partial charge in [0.15, 0.2) is 0 Å². The highest BCUT2D eigenvalue weighted by Gasteiger charge is 2.08. The lowest BCUT2D eigenvalue weighted by Gasteiger charge is -2.11. The summed E-state index contributed by atoms with van der Waals surface area (Å²) in [6, 6.07) is 9.15. The molecular weight excluding hydrogens is 240 g/mol. The Morgan fingerprint density at radius 3 is 2.42 bits per heavy atom. The third kappa shape index (κ3) is 2.90. The Morgan fingerprint density at radius 2 is 1.95 bits per heavy atom. The van der Waals surface area contributed by atoms with Gasteiger partial charge < -0.3 is 9.84 Å². The van der Waals surface area contributed by atoms with Crippen LogP contribution in [0.5, 0.6) is 11.6 Å². The molecule has 2 aromatic rings. The van der Waals surface area contributed by atoms with Gasteiger partial charge in [-0.3, -0.25) is 0 Å². The second-order valence-corrected chi connectivity index (χ2v) is 4.32. The first-order chi connectivity index (χ1) is 9.13. The smallest absolute Gasteiger partial charge is 0.219 e. The molecule has 0 amide bonds. The van der Waals surface area contributed by atoms with Crippen LogP contribution >= 0.6 is 0 Å². The molecule has 0 saturated heterocycles. The van der Waals surface area contributed by atoms with Crippen molar-refractivity contribution in [1.29, 1.82) is 5.26 Å². The predicted molar refractivity (Wildman–Crippen MR) is 70.9 cm³/mol. The number of aromatic nitrogens is 1. The fourth-order valence-electron chi connectivity index (χ4n) is 1.85. The standard InChI is InChI=1S/C15H14N2O2/c1-10-5-13(7-16)6-11(2)15(10)19-14-4-3-12(9-18)8-17-14/h3-6,8,18H,9H2,1-2H3. The molecule has 4 heteroatoms. The van der Waals surface area contributed by atoms with E-state index in [1.54, 1.807) is 30.5 Å². The molecule has 0 saturated carbocycles. The van der Waals surface area contributed by atoms with Crippen molar-refractivity contribution in [2.45, 2.75) is 20.5 Å². The molecule has 0 aliphatic heterocycles. The van der Waals surface area contributed by atoms with E-state index in [9.17, 15) is 0 Å². The molecule has 19 heavy (non-hydrogen) atoms. The fraction of sp³-hybridized carbons (Fsp3) is 0.200. The molecule has 1 N–H and O–H groups in total. The van der Waals surface area contributed by atoms with Crippen molar-refractivity contribution < 1.29 is 9.84 Å². The molecule has 0 bridgehead atoms. The van der Waals surface area contributed by atoms with Crippen LogP contribution in [-0.2, 0) is 6.61 Å². The number of hydrogen-bond donors (Lipinski definition) is 1. The molecule has 0 spiro atoms. The molecule has 0 fully saturated rings. The Labute approximate surface area is 111 Å². The number of hydrogen-bond acceptors (Lipinski definition) is 4. The van der Waals surface area contributed by atoms with Crippen LogP contribution in [-0.4, -0.2) is 10.1 Å². The van der Waals surface area contributed by atoms with Gasteiger partial charge in [-0.1, -0.05) is 0 Å². The summed E-state index contributed by atoms with van der Waals surface area (Å²) in [5.74, 6) is 1.18. The van der Waals surface area contributed by atoms with E-state index in [-0.39, 0.29) is 6.61 Å². The quantitative estimate of drug-likeness (QED) is 0.914. The Kier molecular flexibility index (Phi) is 3.79. The monoisotopic (exact) mass is 254 g/mol. The van der Waals surface area contributed by atoms with E-state index < -0.39 is 0 Å². The Balaban J connectivity index is 2.30. The maximum Gasteiger partial charge on any atom is 0.219 e. The molecule has 1 aromatic carbocycles. The summed E-state index contributed by atoms with van der Waals surface area (Å²) in [6.45, 7) is 3.75. The molecular formula is C15H14N2O2. The average molecular weight is 254 g/mol. The SMILES string of the molecule is Cc1cc(C#N)cc(C)c1Oc1ccc(CO)cn1. The van der Waals surface area contributed by atoms with Crippen molar-refractivity contribution >= 4 is 0 Å². The number of nitrogens with zero attached hydrogens (tertiary/aromatic N) is 2. The number of aliphatic hydroxyl groups is 1. The zero-order valence-corrected chi connectivity index (χ0v) is 10.8. The normalized spacial score (nSPS) is 10.0. The van der Waals surface area contributed by atoms with Crippen LogP contribution < -0.4 is 4.74 Å². The van der Waals surface area contributed by atoms with Crippen LogP contribution in [0.15, 0.2) is 30.5 Å². The number of aryl methyl sites for hydroxylation is 2. The van der Waals surface area contributed by atoms with Crippen LogP contribution in [0.4, 0.5) is 0 Å². The molecule has 1 aromatic heterocycles. The number of pyridine rings is 1. The highest BCUT2D eigenvalue weighted by molar-refractivity contribution is 5.48. The van der Waals surface area contributed by atoms with Gasteiger partial charge in [-0.15, -0.1) is 0 Å². The van der Waals surface area contributed by atoms with Crippen molar-refractivity contribution in [1.82, 2.24) is 4.98 Å². The summed E-state index contributed by atoms with van der Waals surface area (Å²) in [7, 11) is 0. The highest BCUT2D eigenvalue weighted by atomic mass is 16.5. The zero-order chi connectivity index (χ0) is 13.8. The van der Waals surface area contributed by atoms with Gasteiger partial charge >= 0.3 is 0 Å². The fourth-order valence-corrected chi connectivity index (χ4v) is 1.85. The van der Waals surface area contributed by atoms with Crippen molar-refractivity contribution in [3.8, 4) is 17.7 Å². The number of benzene rings is 1. The van der Waals surface area contributed by atoms with Gasteiger partial charge in [0.2, 0.25) is 5.88 Å². The van der Waals surface area contributed by atoms with Crippen LogP contribution in [0.2, 0.25) is 0 Å². The van der Waals surface area contributed by atoms with E-state index in [4.69, 9.17) is 15.1 Å². The van der Waals surface area contributed by atoms with E-state index >= 15 is 0 Å². The molecule has 2 rings (SSSR count). The molecule has 0 unspecified atom stereocenters. The van der Waals surface area contributed by atoms with Crippen molar-refractivity contribution in [3.63, 3.8) is 0 Å². The summed E-state index contributed by atoms with van der Waals surface area (Å²) in [5.41, 5.74) is 3.14. The van der Waals surface area contributed by atoms with Crippen molar-refractivity contribution in [2.24, 2.45) is 0 Å². The van der Waals surface area contributed by atoms with Crippen LogP contribution in [0, 0.1) is 25.2 Å². The maximum absolute atomic E-state index is 8.95. The molecule has 0 radical (unpaired) electrons. The van der Waals surface area contributed by atoms with Crippen molar-refractivity contribution in [2.75, 3.05) is 0 Å². The second-order valence-electron chi connectivity index (χ2n) is 4.32. The van der Waals surface area contributed by atoms with E-state index in [0.717, 1.165) is 16.7 Å². The lowest BCUT2D eigenvalue weighted by molar-refractivity contribution is 0.281. The third-order valence-corrected chi connectivity index (χ3v) is 2.78. The first kappa shape index (κ1) is 13.1. The summed E-state index contributed by atoms with van der Waals surface area (Å²) in [5, 5.41) is 17.9. The summed E-state index contributed by atoms with van der Waals surface area (Å²) in [6.07, 6.45) is 1.57. The zero-order valence-electron chi connectivity index (χ0n) is 10.8. The molecule has 1 heterocycles. The van der Waals surface area contributed by atoms with Gasteiger partial charge in [-0.05, 0) is 48.7 Å².